The van der Waals surface area contributed by atoms with Crippen molar-refractivity contribution in [3.05, 3.63) is 65.4 Å². The van der Waals surface area contributed by atoms with Crippen LogP contribution in [0, 0.1) is 0 Å². The number of rotatable bonds is 5. The number of ether oxygens (including phenoxy) is 1. The number of nitrogens with one attached hydrogen (secondary N) is 2. The molecule has 3 rings (SSSR count). The first-order chi connectivity index (χ1) is 14.4. The maximum Gasteiger partial charge on any atom is 0.437 e. The van der Waals surface area contributed by atoms with Gasteiger partial charge in [0.2, 0.25) is 10.0 Å². The molecular formula is C18H14ClF3N4O4S. The topological polar surface area (TPSA) is 102 Å². The Morgan fingerprint density at radius 3 is 2.39 bits per heavy atom. The van der Waals surface area contributed by atoms with Crippen LogP contribution in [0.4, 0.5) is 29.3 Å². The molecule has 0 saturated heterocycles. The van der Waals surface area contributed by atoms with Gasteiger partial charge in [-0.1, -0.05) is 17.7 Å². The Kier molecular flexibility index (Phi) is 6.13. The molecule has 0 unspecified atom stereocenters. The molecule has 13 heteroatoms. The monoisotopic (exact) mass is 474 g/mol. The Morgan fingerprint density at radius 1 is 1.13 bits per heavy atom. The first-order valence-electron chi connectivity index (χ1n) is 8.40. The number of benzene rings is 2. The summed E-state index contributed by atoms with van der Waals surface area (Å²) in [5.74, 6) is -0.814. The first kappa shape index (κ1) is 22.4. The molecule has 0 aliphatic heterocycles. The molecule has 1 amide bonds. The number of amides is 1. The molecule has 2 aromatic carbocycles. The Morgan fingerprint density at radius 2 is 1.77 bits per heavy atom. The Labute approximate surface area is 179 Å². The van der Waals surface area contributed by atoms with Crippen molar-refractivity contribution in [3.63, 3.8) is 0 Å². The molecular weight excluding hydrogens is 461 g/mol. The molecule has 0 spiro atoms. The van der Waals surface area contributed by atoms with Gasteiger partial charge in [0.25, 0.3) is 0 Å². The summed E-state index contributed by atoms with van der Waals surface area (Å²) >= 11 is 5.76. The lowest BCUT2D eigenvalue weighted by atomic mass is 10.3. The van der Waals surface area contributed by atoms with Crippen LogP contribution >= 0.6 is 11.6 Å². The number of halogens is 4. The maximum absolute atomic E-state index is 13.6. The van der Waals surface area contributed by atoms with E-state index >= 15 is 0 Å². The highest BCUT2D eigenvalue weighted by Crippen LogP contribution is 2.38. The Hall–Kier alpha value is -3.25. The van der Waals surface area contributed by atoms with Gasteiger partial charge in [-0.25, -0.2) is 17.9 Å². The van der Waals surface area contributed by atoms with Crippen LogP contribution in [0.15, 0.2) is 54.7 Å². The van der Waals surface area contributed by atoms with E-state index in [1.807, 2.05) is 0 Å². The minimum atomic E-state index is -4.88. The van der Waals surface area contributed by atoms with Crippen molar-refractivity contribution < 1.29 is 31.1 Å². The Balaban J connectivity index is 1.83. The van der Waals surface area contributed by atoms with Gasteiger partial charge in [0.1, 0.15) is 0 Å². The number of alkyl halides is 3. The van der Waals surface area contributed by atoms with Gasteiger partial charge >= 0.3 is 12.3 Å². The van der Waals surface area contributed by atoms with Crippen LogP contribution in [0.3, 0.4) is 0 Å². The SMILES string of the molecule is CS(=O)(=O)Nc1cccc(NC(=O)Oc2cnn(-c3ccc(Cl)cc3)c2C(F)(F)F)c1. The molecule has 2 N–H and O–H groups in total. The predicted octanol–water partition coefficient (Wildman–Crippen LogP) is 4.53. The summed E-state index contributed by atoms with van der Waals surface area (Å²) < 4.78 is 71.1. The van der Waals surface area contributed by atoms with Gasteiger partial charge in [-0.2, -0.15) is 18.3 Å². The van der Waals surface area contributed by atoms with Crippen molar-refractivity contribution in [2.75, 3.05) is 16.3 Å². The molecule has 0 atom stereocenters. The lowest BCUT2D eigenvalue weighted by Crippen LogP contribution is -2.20. The van der Waals surface area contributed by atoms with E-state index in [4.69, 9.17) is 16.3 Å². The predicted molar refractivity (Wildman–Crippen MR) is 108 cm³/mol. The fraction of sp³-hybridized carbons (Fsp3) is 0.111. The molecule has 164 valence electrons. The van der Waals surface area contributed by atoms with Gasteiger partial charge in [-0.3, -0.25) is 10.0 Å². The van der Waals surface area contributed by atoms with E-state index in [9.17, 15) is 26.4 Å². The summed E-state index contributed by atoms with van der Waals surface area (Å²) in [6.07, 6.45) is -4.40. The van der Waals surface area contributed by atoms with Gasteiger partial charge in [0.15, 0.2) is 11.4 Å². The van der Waals surface area contributed by atoms with E-state index < -0.39 is 33.7 Å². The van der Waals surface area contributed by atoms with Crippen molar-refractivity contribution in [2.45, 2.75) is 6.18 Å². The molecule has 1 aromatic heterocycles. The molecule has 31 heavy (non-hydrogen) atoms. The zero-order valence-corrected chi connectivity index (χ0v) is 17.2. The number of anilines is 2. The lowest BCUT2D eigenvalue weighted by Gasteiger charge is -2.13. The second-order valence-corrected chi connectivity index (χ2v) is 8.40. The molecule has 0 fully saturated rings. The van der Waals surface area contributed by atoms with E-state index in [1.165, 1.54) is 48.5 Å². The summed E-state index contributed by atoms with van der Waals surface area (Å²) in [5.41, 5.74) is -0.992. The van der Waals surface area contributed by atoms with Crippen molar-refractivity contribution >= 4 is 39.1 Å². The number of aromatic nitrogens is 2. The number of hydrogen-bond donors (Lipinski definition) is 2. The third-order valence-corrected chi connectivity index (χ3v) is 4.55. The quantitative estimate of drug-likeness (QED) is 0.565. The summed E-state index contributed by atoms with van der Waals surface area (Å²) in [5, 5.41) is 6.23. The first-order valence-corrected chi connectivity index (χ1v) is 10.7. The number of sulfonamides is 1. The molecule has 8 nitrogen and oxygen atoms in total. The van der Waals surface area contributed by atoms with E-state index in [-0.39, 0.29) is 17.1 Å². The van der Waals surface area contributed by atoms with Crippen molar-refractivity contribution in [2.24, 2.45) is 0 Å². The van der Waals surface area contributed by atoms with Crippen LogP contribution in [0.25, 0.3) is 5.69 Å². The van der Waals surface area contributed by atoms with Gasteiger partial charge < -0.3 is 4.74 Å². The highest BCUT2D eigenvalue weighted by molar-refractivity contribution is 7.92. The molecule has 0 aliphatic rings. The van der Waals surface area contributed by atoms with Crippen LogP contribution < -0.4 is 14.8 Å². The van der Waals surface area contributed by atoms with Gasteiger partial charge in [0, 0.05) is 10.7 Å². The summed E-state index contributed by atoms with van der Waals surface area (Å²) in [7, 11) is -3.56. The highest BCUT2D eigenvalue weighted by atomic mass is 35.5. The lowest BCUT2D eigenvalue weighted by molar-refractivity contribution is -0.143. The van der Waals surface area contributed by atoms with Crippen LogP contribution in [-0.4, -0.2) is 30.5 Å². The molecule has 0 saturated carbocycles. The fourth-order valence-electron chi connectivity index (χ4n) is 2.56. The number of carbonyl (C=O) groups is 1. The molecule has 0 bridgehead atoms. The number of hydrogen-bond acceptors (Lipinski definition) is 5. The molecule has 0 radical (unpaired) electrons. The summed E-state index contributed by atoms with van der Waals surface area (Å²) in [6.45, 7) is 0. The molecule has 3 aromatic rings. The molecule has 0 aliphatic carbocycles. The van der Waals surface area contributed by atoms with Crippen molar-refractivity contribution in [3.8, 4) is 11.4 Å². The van der Waals surface area contributed by atoms with Gasteiger partial charge in [-0.05, 0) is 42.5 Å². The van der Waals surface area contributed by atoms with Crippen molar-refractivity contribution in [1.82, 2.24) is 9.78 Å². The Bertz CT molecular complexity index is 1210. The van der Waals surface area contributed by atoms with Crippen LogP contribution in [0.1, 0.15) is 5.69 Å². The fourth-order valence-corrected chi connectivity index (χ4v) is 3.24. The summed E-state index contributed by atoms with van der Waals surface area (Å²) in [6, 6.07) is 11.0. The smallest absolute Gasteiger partial charge is 0.406 e. The second kappa shape index (κ2) is 8.47. The third-order valence-electron chi connectivity index (χ3n) is 3.69. The van der Waals surface area contributed by atoms with E-state index in [0.717, 1.165) is 12.5 Å². The average Bonchev–Trinajstić information content (AvgIpc) is 3.05. The van der Waals surface area contributed by atoms with Crippen LogP contribution in [0.5, 0.6) is 5.75 Å². The standard InChI is InChI=1S/C18H14ClF3N4O4S/c1-31(28,29)25-13-4-2-3-12(9-13)24-17(27)30-15-10-23-26(16(15)18(20,21)22)14-7-5-11(19)6-8-14/h2-10,25H,1H3,(H,24,27). The van der Waals surface area contributed by atoms with E-state index in [0.29, 0.717) is 9.70 Å². The second-order valence-electron chi connectivity index (χ2n) is 6.21. The van der Waals surface area contributed by atoms with Crippen LogP contribution in [-0.2, 0) is 16.2 Å². The van der Waals surface area contributed by atoms with E-state index in [1.54, 1.807) is 0 Å². The number of nitrogens with zero attached hydrogens (tertiary/aromatic N) is 2. The average molecular weight is 475 g/mol. The minimum Gasteiger partial charge on any atom is -0.406 e. The third kappa shape index (κ3) is 5.89. The summed E-state index contributed by atoms with van der Waals surface area (Å²) in [4.78, 5) is 12.2. The number of carbonyl (C=O) groups excluding carboxylic acids is 1. The minimum absolute atomic E-state index is 0.0616. The highest BCUT2D eigenvalue weighted by Gasteiger charge is 2.40. The van der Waals surface area contributed by atoms with E-state index in [2.05, 4.69) is 15.1 Å². The maximum atomic E-state index is 13.6. The van der Waals surface area contributed by atoms with Crippen molar-refractivity contribution in [1.29, 1.82) is 0 Å². The zero-order chi connectivity index (χ0) is 22.8. The van der Waals surface area contributed by atoms with Gasteiger partial charge in [0.05, 0.1) is 23.8 Å². The molecule has 1 heterocycles. The zero-order valence-electron chi connectivity index (χ0n) is 15.6. The van der Waals surface area contributed by atoms with Gasteiger partial charge in [-0.15, -0.1) is 0 Å². The van der Waals surface area contributed by atoms with Crippen LogP contribution in [0.2, 0.25) is 5.02 Å². The normalized spacial score (nSPS) is 11.8. The largest absolute Gasteiger partial charge is 0.437 e.